The molecule has 4 aromatic rings. The second kappa shape index (κ2) is 5.52. The van der Waals surface area contributed by atoms with Crippen LogP contribution in [0.15, 0.2) is 60.8 Å². The first-order chi connectivity index (χ1) is 11.2. The van der Waals surface area contributed by atoms with Gasteiger partial charge in [-0.1, -0.05) is 35.9 Å². The van der Waals surface area contributed by atoms with E-state index in [1.165, 1.54) is 16.5 Å². The van der Waals surface area contributed by atoms with Crippen molar-refractivity contribution in [1.29, 1.82) is 0 Å². The van der Waals surface area contributed by atoms with Gasteiger partial charge in [-0.05, 0) is 48.8 Å². The van der Waals surface area contributed by atoms with Gasteiger partial charge >= 0.3 is 0 Å². The molecular weight excluding hydrogens is 304 g/mol. The van der Waals surface area contributed by atoms with E-state index in [0.717, 1.165) is 11.5 Å². The third-order valence-electron chi connectivity index (χ3n) is 4.03. The summed E-state index contributed by atoms with van der Waals surface area (Å²) in [7, 11) is 0. The lowest BCUT2D eigenvalue weighted by molar-refractivity contribution is 0.747. The molecule has 0 aliphatic rings. The van der Waals surface area contributed by atoms with E-state index < -0.39 is 0 Å². The quantitative estimate of drug-likeness (QED) is 0.573. The van der Waals surface area contributed by atoms with Crippen molar-refractivity contribution in [3.05, 3.63) is 77.0 Å². The van der Waals surface area contributed by atoms with Crippen molar-refractivity contribution >= 4 is 23.1 Å². The number of nitrogens with one attached hydrogen (secondary N) is 1. The number of nitrogens with zero attached hydrogens (tertiary/aromatic N) is 3. The van der Waals surface area contributed by atoms with Gasteiger partial charge in [0, 0.05) is 17.4 Å². The first kappa shape index (κ1) is 14.0. The highest BCUT2D eigenvalue weighted by Gasteiger charge is 2.10. The zero-order valence-electron chi connectivity index (χ0n) is 12.7. The summed E-state index contributed by atoms with van der Waals surface area (Å²) in [5.41, 5.74) is 3.44. The summed E-state index contributed by atoms with van der Waals surface area (Å²) >= 11 is 5.41. The van der Waals surface area contributed by atoms with E-state index >= 15 is 0 Å². The standard InChI is InChI=1S/C18H16N4S/c1-13-6-8-15(9-7-13)22-17(19-20-18(22)23)12-21-11-10-14-4-2-3-5-16(14)21/h2-11H,12H2,1H3,(H,20,23). The summed E-state index contributed by atoms with van der Waals surface area (Å²) in [6, 6.07) is 18.8. The smallest absolute Gasteiger partial charge is 0.199 e. The molecule has 2 aromatic carbocycles. The van der Waals surface area contributed by atoms with Crippen molar-refractivity contribution in [1.82, 2.24) is 19.3 Å². The normalized spacial score (nSPS) is 11.2. The largest absolute Gasteiger partial charge is 0.340 e. The minimum Gasteiger partial charge on any atom is -0.340 e. The summed E-state index contributed by atoms with van der Waals surface area (Å²) in [4.78, 5) is 0. The van der Waals surface area contributed by atoms with Gasteiger partial charge in [-0.25, -0.2) is 0 Å². The zero-order chi connectivity index (χ0) is 15.8. The molecule has 114 valence electrons. The SMILES string of the molecule is Cc1ccc(-n2c(Cn3ccc4ccccc43)n[nH]c2=S)cc1. The minimum atomic E-state index is 0.611. The van der Waals surface area contributed by atoms with E-state index in [1.807, 2.05) is 4.57 Å². The number of benzene rings is 2. The maximum Gasteiger partial charge on any atom is 0.199 e. The van der Waals surface area contributed by atoms with Crippen LogP contribution < -0.4 is 0 Å². The molecule has 0 spiro atoms. The van der Waals surface area contributed by atoms with Crippen molar-refractivity contribution in [2.45, 2.75) is 13.5 Å². The van der Waals surface area contributed by atoms with Crippen molar-refractivity contribution in [2.24, 2.45) is 0 Å². The molecule has 0 unspecified atom stereocenters. The van der Waals surface area contributed by atoms with Gasteiger partial charge in [0.2, 0.25) is 0 Å². The Morgan fingerprint density at radius 3 is 2.65 bits per heavy atom. The first-order valence-electron chi connectivity index (χ1n) is 7.49. The second-order valence-corrected chi connectivity index (χ2v) is 6.01. The number of aromatic nitrogens is 4. The number of hydrogen-bond donors (Lipinski definition) is 1. The molecule has 4 rings (SSSR count). The molecule has 0 radical (unpaired) electrons. The average molecular weight is 320 g/mol. The van der Waals surface area contributed by atoms with Crippen LogP contribution in [0.25, 0.3) is 16.6 Å². The molecule has 5 heteroatoms. The van der Waals surface area contributed by atoms with E-state index in [4.69, 9.17) is 12.2 Å². The van der Waals surface area contributed by atoms with Crippen LogP contribution in [0.4, 0.5) is 0 Å². The van der Waals surface area contributed by atoms with E-state index in [1.54, 1.807) is 0 Å². The maximum atomic E-state index is 5.41. The lowest BCUT2D eigenvalue weighted by Crippen LogP contribution is -2.07. The minimum absolute atomic E-state index is 0.611. The van der Waals surface area contributed by atoms with Crippen LogP contribution >= 0.6 is 12.2 Å². The van der Waals surface area contributed by atoms with Crippen LogP contribution in [-0.4, -0.2) is 19.3 Å². The molecule has 0 saturated carbocycles. The topological polar surface area (TPSA) is 38.5 Å². The number of para-hydroxylation sites is 1. The molecule has 0 saturated heterocycles. The molecular formula is C18H16N4S. The van der Waals surface area contributed by atoms with Crippen molar-refractivity contribution in [3.8, 4) is 5.69 Å². The summed E-state index contributed by atoms with van der Waals surface area (Å²) in [6.45, 7) is 2.74. The van der Waals surface area contributed by atoms with Crippen molar-refractivity contribution in [2.75, 3.05) is 0 Å². The predicted octanol–water partition coefficient (Wildman–Crippen LogP) is 4.24. The van der Waals surface area contributed by atoms with Crippen LogP contribution in [0.3, 0.4) is 0 Å². The number of aryl methyl sites for hydroxylation is 1. The zero-order valence-corrected chi connectivity index (χ0v) is 13.5. The Morgan fingerprint density at radius 2 is 1.83 bits per heavy atom. The molecule has 4 nitrogen and oxygen atoms in total. The van der Waals surface area contributed by atoms with Gasteiger partial charge in [-0.3, -0.25) is 9.67 Å². The van der Waals surface area contributed by atoms with Crippen molar-refractivity contribution < 1.29 is 0 Å². The third kappa shape index (κ3) is 2.49. The third-order valence-corrected chi connectivity index (χ3v) is 4.30. The molecule has 1 N–H and O–H groups in total. The highest BCUT2D eigenvalue weighted by molar-refractivity contribution is 7.71. The van der Waals surface area contributed by atoms with Crippen molar-refractivity contribution in [3.63, 3.8) is 0 Å². The fourth-order valence-corrected chi connectivity index (χ4v) is 3.08. The number of H-pyrrole nitrogens is 1. The molecule has 2 aromatic heterocycles. The molecule has 0 bridgehead atoms. The molecule has 0 aliphatic heterocycles. The number of hydrogen-bond acceptors (Lipinski definition) is 2. The Kier molecular flexibility index (Phi) is 3.35. The fourth-order valence-electron chi connectivity index (χ4n) is 2.83. The highest BCUT2D eigenvalue weighted by atomic mass is 32.1. The second-order valence-electron chi connectivity index (χ2n) is 5.62. The predicted molar refractivity (Wildman–Crippen MR) is 94.5 cm³/mol. The summed E-state index contributed by atoms with van der Waals surface area (Å²) in [5, 5.41) is 8.56. The van der Waals surface area contributed by atoms with E-state index in [9.17, 15) is 0 Å². The van der Waals surface area contributed by atoms with Crippen LogP contribution in [-0.2, 0) is 6.54 Å². The van der Waals surface area contributed by atoms with Gasteiger partial charge in [0.1, 0.15) is 0 Å². The molecule has 0 fully saturated rings. The van der Waals surface area contributed by atoms with Crippen LogP contribution in [0.2, 0.25) is 0 Å². The Hall–Kier alpha value is -2.66. The van der Waals surface area contributed by atoms with Gasteiger partial charge in [-0.2, -0.15) is 5.10 Å². The Morgan fingerprint density at radius 1 is 1.04 bits per heavy atom. The van der Waals surface area contributed by atoms with Crippen LogP contribution in [0.1, 0.15) is 11.4 Å². The van der Waals surface area contributed by atoms with Gasteiger partial charge < -0.3 is 4.57 Å². The summed E-state index contributed by atoms with van der Waals surface area (Å²) in [6.07, 6.45) is 2.09. The van der Waals surface area contributed by atoms with Gasteiger partial charge in [-0.15, -0.1) is 0 Å². The van der Waals surface area contributed by atoms with Gasteiger partial charge in [0.15, 0.2) is 10.6 Å². The Bertz CT molecular complexity index is 1020. The lowest BCUT2D eigenvalue weighted by atomic mass is 10.2. The van der Waals surface area contributed by atoms with Gasteiger partial charge in [0.25, 0.3) is 0 Å². The molecule has 2 heterocycles. The Labute approximate surface area is 139 Å². The maximum absolute atomic E-state index is 5.41. The average Bonchev–Trinajstić information content (AvgIpc) is 3.13. The van der Waals surface area contributed by atoms with E-state index in [-0.39, 0.29) is 0 Å². The molecule has 0 aliphatic carbocycles. The van der Waals surface area contributed by atoms with Crippen LogP contribution in [0.5, 0.6) is 0 Å². The number of fused-ring (bicyclic) bond motifs is 1. The van der Waals surface area contributed by atoms with Gasteiger partial charge in [0.05, 0.1) is 6.54 Å². The summed E-state index contributed by atoms with van der Waals surface area (Å²) < 4.78 is 4.79. The number of rotatable bonds is 3. The fraction of sp³-hybridized carbons (Fsp3) is 0.111. The first-order valence-corrected chi connectivity index (χ1v) is 7.90. The number of aromatic amines is 1. The molecule has 0 atom stereocenters. The van der Waals surface area contributed by atoms with E-state index in [2.05, 4.69) is 82.5 Å². The summed E-state index contributed by atoms with van der Waals surface area (Å²) in [5.74, 6) is 0.889. The highest BCUT2D eigenvalue weighted by Crippen LogP contribution is 2.18. The Balaban J connectivity index is 1.79. The molecule has 0 amide bonds. The molecule has 23 heavy (non-hydrogen) atoms. The van der Waals surface area contributed by atoms with Crippen LogP contribution in [0, 0.1) is 11.7 Å². The monoisotopic (exact) mass is 320 g/mol. The lowest BCUT2D eigenvalue weighted by Gasteiger charge is -2.09. The van der Waals surface area contributed by atoms with E-state index in [0.29, 0.717) is 11.3 Å².